The first kappa shape index (κ1) is 15.9. The summed E-state index contributed by atoms with van der Waals surface area (Å²) in [7, 11) is 1.74. The Morgan fingerprint density at radius 1 is 1.05 bits per heavy atom. The van der Waals surface area contributed by atoms with E-state index in [1.165, 1.54) is 12.1 Å². The fourth-order valence-electron chi connectivity index (χ4n) is 2.20. The second-order valence-corrected chi connectivity index (χ2v) is 5.26. The molecule has 0 fully saturated rings. The summed E-state index contributed by atoms with van der Waals surface area (Å²) in [6, 6.07) is 8.51. The van der Waals surface area contributed by atoms with Gasteiger partial charge in [-0.1, -0.05) is 29.8 Å². The van der Waals surface area contributed by atoms with Gasteiger partial charge in [-0.2, -0.15) is 0 Å². The van der Waals surface area contributed by atoms with Crippen LogP contribution < -0.4 is 5.32 Å². The summed E-state index contributed by atoms with van der Waals surface area (Å²) in [5.41, 5.74) is 1.14. The maximum atomic E-state index is 13.9. The minimum Gasteiger partial charge on any atom is -0.316 e. The molecule has 1 N–H and O–H groups in total. The molecule has 0 saturated heterocycles. The zero-order valence-electron chi connectivity index (χ0n) is 11.5. The SMILES string of the molecule is CNC(Cc1ccc(F)c(F)c1)Cc1cccc(Cl)c1F. The highest BCUT2D eigenvalue weighted by molar-refractivity contribution is 6.30. The second-order valence-electron chi connectivity index (χ2n) is 4.86. The molecule has 0 aromatic heterocycles. The highest BCUT2D eigenvalue weighted by atomic mass is 35.5. The Morgan fingerprint density at radius 3 is 2.48 bits per heavy atom. The highest BCUT2D eigenvalue weighted by Gasteiger charge is 2.14. The average Bonchev–Trinajstić information content (AvgIpc) is 2.47. The lowest BCUT2D eigenvalue weighted by Crippen LogP contribution is -2.30. The number of likely N-dealkylation sites (N-methyl/N-ethyl adjacent to an activating group) is 1. The third-order valence-corrected chi connectivity index (χ3v) is 3.66. The molecule has 2 aromatic rings. The number of halogens is 4. The Bertz CT molecular complexity index is 631. The second kappa shape index (κ2) is 6.96. The number of rotatable bonds is 5. The van der Waals surface area contributed by atoms with Gasteiger partial charge in [-0.05, 0) is 49.2 Å². The Kier molecular flexibility index (Phi) is 5.26. The topological polar surface area (TPSA) is 12.0 Å². The van der Waals surface area contributed by atoms with E-state index in [9.17, 15) is 13.2 Å². The van der Waals surface area contributed by atoms with Crippen molar-refractivity contribution in [3.05, 3.63) is 70.0 Å². The molecule has 0 bridgehead atoms. The van der Waals surface area contributed by atoms with Gasteiger partial charge >= 0.3 is 0 Å². The maximum Gasteiger partial charge on any atom is 0.159 e. The van der Waals surface area contributed by atoms with Crippen LogP contribution in [0.1, 0.15) is 11.1 Å². The van der Waals surface area contributed by atoms with Gasteiger partial charge in [0.2, 0.25) is 0 Å². The molecule has 5 heteroatoms. The third-order valence-electron chi connectivity index (χ3n) is 3.37. The Morgan fingerprint density at radius 2 is 1.81 bits per heavy atom. The molecule has 0 aliphatic carbocycles. The number of nitrogens with one attached hydrogen (secondary N) is 1. The summed E-state index contributed by atoms with van der Waals surface area (Å²) in [6.07, 6.45) is 0.863. The molecular weight excluding hydrogens is 299 g/mol. The molecule has 2 aromatic carbocycles. The minimum atomic E-state index is -0.878. The molecule has 1 atom stereocenters. The zero-order chi connectivity index (χ0) is 15.4. The normalized spacial score (nSPS) is 12.4. The van der Waals surface area contributed by atoms with E-state index in [4.69, 9.17) is 11.6 Å². The third kappa shape index (κ3) is 3.99. The van der Waals surface area contributed by atoms with Crippen LogP contribution >= 0.6 is 11.6 Å². The first-order chi connectivity index (χ1) is 10.0. The van der Waals surface area contributed by atoms with E-state index in [0.29, 0.717) is 24.0 Å². The maximum absolute atomic E-state index is 13.9. The molecule has 0 heterocycles. The summed E-state index contributed by atoms with van der Waals surface area (Å²) in [5, 5.41) is 3.13. The average molecular weight is 314 g/mol. The van der Waals surface area contributed by atoms with E-state index < -0.39 is 17.5 Å². The summed E-state index contributed by atoms with van der Waals surface area (Å²) < 4.78 is 40.0. The van der Waals surface area contributed by atoms with Gasteiger partial charge in [-0.3, -0.25) is 0 Å². The summed E-state index contributed by atoms with van der Waals surface area (Å²) >= 11 is 5.75. The molecule has 0 amide bonds. The van der Waals surface area contributed by atoms with Crippen LogP contribution in [-0.4, -0.2) is 13.1 Å². The highest BCUT2D eigenvalue weighted by Crippen LogP contribution is 2.20. The Balaban J connectivity index is 2.13. The van der Waals surface area contributed by atoms with E-state index in [1.54, 1.807) is 19.2 Å². The van der Waals surface area contributed by atoms with Crippen LogP contribution in [0.3, 0.4) is 0 Å². The lowest BCUT2D eigenvalue weighted by molar-refractivity contribution is 0.501. The van der Waals surface area contributed by atoms with Crippen molar-refractivity contribution in [1.29, 1.82) is 0 Å². The first-order valence-corrected chi connectivity index (χ1v) is 6.93. The van der Waals surface area contributed by atoms with Crippen molar-refractivity contribution in [3.63, 3.8) is 0 Å². The van der Waals surface area contributed by atoms with Crippen LogP contribution in [0.2, 0.25) is 5.02 Å². The predicted octanol–water partition coefficient (Wildman–Crippen LogP) is 4.13. The van der Waals surface area contributed by atoms with Crippen LogP contribution in [0.5, 0.6) is 0 Å². The zero-order valence-corrected chi connectivity index (χ0v) is 12.2. The molecule has 0 saturated carbocycles. The summed E-state index contributed by atoms with van der Waals surface area (Å²) in [4.78, 5) is 0. The largest absolute Gasteiger partial charge is 0.316 e. The summed E-state index contributed by atoms with van der Waals surface area (Å²) in [5.74, 6) is -2.19. The van der Waals surface area contributed by atoms with Gasteiger partial charge in [0.25, 0.3) is 0 Å². The number of hydrogen-bond donors (Lipinski definition) is 1. The minimum absolute atomic E-state index is 0.0789. The lowest BCUT2D eigenvalue weighted by atomic mass is 9.98. The van der Waals surface area contributed by atoms with Gasteiger partial charge in [0.05, 0.1) is 5.02 Å². The first-order valence-electron chi connectivity index (χ1n) is 6.55. The monoisotopic (exact) mass is 313 g/mol. The fourth-order valence-corrected chi connectivity index (χ4v) is 2.39. The predicted molar refractivity (Wildman–Crippen MR) is 78.0 cm³/mol. The number of benzene rings is 2. The Labute approximate surface area is 126 Å². The van der Waals surface area contributed by atoms with Gasteiger partial charge < -0.3 is 5.32 Å². The smallest absolute Gasteiger partial charge is 0.159 e. The van der Waals surface area contributed by atoms with Gasteiger partial charge in [-0.15, -0.1) is 0 Å². The van der Waals surface area contributed by atoms with Crippen molar-refractivity contribution in [2.45, 2.75) is 18.9 Å². The van der Waals surface area contributed by atoms with Crippen molar-refractivity contribution in [2.24, 2.45) is 0 Å². The van der Waals surface area contributed by atoms with Crippen LogP contribution in [0.4, 0.5) is 13.2 Å². The van der Waals surface area contributed by atoms with Crippen molar-refractivity contribution in [2.75, 3.05) is 7.05 Å². The van der Waals surface area contributed by atoms with Gasteiger partial charge in [0.15, 0.2) is 11.6 Å². The van der Waals surface area contributed by atoms with E-state index in [-0.39, 0.29) is 11.1 Å². The van der Waals surface area contributed by atoms with Crippen molar-refractivity contribution < 1.29 is 13.2 Å². The van der Waals surface area contributed by atoms with Crippen molar-refractivity contribution in [1.82, 2.24) is 5.32 Å². The molecule has 112 valence electrons. The number of hydrogen-bond acceptors (Lipinski definition) is 1. The van der Waals surface area contributed by atoms with Gasteiger partial charge in [0.1, 0.15) is 5.82 Å². The van der Waals surface area contributed by atoms with Crippen LogP contribution in [0.15, 0.2) is 36.4 Å². The molecule has 0 spiro atoms. The van der Waals surface area contributed by atoms with E-state index in [1.807, 2.05) is 0 Å². The van der Waals surface area contributed by atoms with Gasteiger partial charge in [0, 0.05) is 6.04 Å². The molecule has 0 aliphatic rings. The molecule has 0 radical (unpaired) electrons. The summed E-state index contributed by atoms with van der Waals surface area (Å²) in [6.45, 7) is 0. The molecular formula is C16H15ClF3N. The quantitative estimate of drug-likeness (QED) is 0.875. The van der Waals surface area contributed by atoms with E-state index in [2.05, 4.69) is 5.32 Å². The standard InChI is InChI=1S/C16H15ClF3N/c1-21-12(7-10-5-6-14(18)15(19)8-10)9-11-3-2-4-13(17)16(11)20/h2-6,8,12,21H,7,9H2,1H3. The van der Waals surface area contributed by atoms with Crippen molar-refractivity contribution >= 4 is 11.6 Å². The molecule has 2 rings (SSSR count). The van der Waals surface area contributed by atoms with Crippen LogP contribution in [0.25, 0.3) is 0 Å². The van der Waals surface area contributed by atoms with Crippen LogP contribution in [-0.2, 0) is 12.8 Å². The van der Waals surface area contributed by atoms with Crippen LogP contribution in [0, 0.1) is 17.5 Å². The van der Waals surface area contributed by atoms with E-state index >= 15 is 0 Å². The molecule has 21 heavy (non-hydrogen) atoms. The molecule has 1 unspecified atom stereocenters. The fraction of sp³-hybridized carbons (Fsp3) is 0.250. The Hall–Kier alpha value is -1.52. The van der Waals surface area contributed by atoms with Gasteiger partial charge in [-0.25, -0.2) is 13.2 Å². The molecule has 0 aliphatic heterocycles. The lowest BCUT2D eigenvalue weighted by Gasteiger charge is -2.17. The van der Waals surface area contributed by atoms with Crippen molar-refractivity contribution in [3.8, 4) is 0 Å². The van der Waals surface area contributed by atoms with E-state index in [0.717, 1.165) is 12.1 Å². The molecule has 1 nitrogen and oxygen atoms in total.